The average molecular weight is 272 g/mol. The van der Waals surface area contributed by atoms with Crippen molar-refractivity contribution in [1.29, 1.82) is 0 Å². The summed E-state index contributed by atoms with van der Waals surface area (Å²) in [6.45, 7) is 6.08. The molecule has 3 aliphatic heterocycles. The number of alkyl halides is 2. The van der Waals surface area contributed by atoms with Crippen molar-refractivity contribution in [3.05, 3.63) is 12.2 Å². The van der Waals surface area contributed by atoms with Gasteiger partial charge in [0, 0.05) is 37.6 Å². The molecule has 0 aliphatic carbocycles. The summed E-state index contributed by atoms with van der Waals surface area (Å²) in [6.07, 6.45) is 2.79. The van der Waals surface area contributed by atoms with Crippen molar-refractivity contribution in [3.8, 4) is 0 Å². The molecule has 0 spiro atoms. The first-order valence-corrected chi connectivity index (χ1v) is 7.09. The summed E-state index contributed by atoms with van der Waals surface area (Å²) >= 11 is 0. The molecular formula is C14H22F2N2O. The maximum atomic E-state index is 13.2. The molecule has 0 amide bonds. The first-order chi connectivity index (χ1) is 8.94. The second-order valence-corrected chi connectivity index (χ2v) is 6.47. The van der Waals surface area contributed by atoms with Crippen LogP contribution in [0.5, 0.6) is 0 Å². The smallest absolute Gasteiger partial charge is 0.261 e. The van der Waals surface area contributed by atoms with Crippen molar-refractivity contribution in [2.45, 2.75) is 43.2 Å². The van der Waals surface area contributed by atoms with Gasteiger partial charge in [-0.25, -0.2) is 8.78 Å². The van der Waals surface area contributed by atoms with E-state index < -0.39 is 5.92 Å². The maximum Gasteiger partial charge on any atom is 0.261 e. The molecule has 0 aromatic rings. The molecule has 3 nitrogen and oxygen atoms in total. The van der Waals surface area contributed by atoms with Gasteiger partial charge in [0.05, 0.1) is 13.2 Å². The summed E-state index contributed by atoms with van der Waals surface area (Å²) in [5.74, 6) is -2.51. The van der Waals surface area contributed by atoms with E-state index >= 15 is 0 Å². The number of aliphatic hydroxyl groups excluding tert-OH is 1. The van der Waals surface area contributed by atoms with Crippen LogP contribution in [0, 0.1) is 0 Å². The minimum atomic E-state index is -2.51. The van der Waals surface area contributed by atoms with Crippen molar-refractivity contribution in [2.24, 2.45) is 0 Å². The molecular weight excluding hydrogens is 250 g/mol. The van der Waals surface area contributed by atoms with Gasteiger partial charge in [-0.1, -0.05) is 12.2 Å². The van der Waals surface area contributed by atoms with Crippen molar-refractivity contribution in [2.75, 3.05) is 32.8 Å². The van der Waals surface area contributed by atoms with Gasteiger partial charge in [0.1, 0.15) is 0 Å². The quantitative estimate of drug-likeness (QED) is 0.788. The van der Waals surface area contributed by atoms with Gasteiger partial charge in [-0.05, 0) is 19.3 Å². The number of nitrogens with zero attached hydrogens (tertiary/aromatic N) is 2. The summed E-state index contributed by atoms with van der Waals surface area (Å²) in [5.41, 5.74) is 1.01. The Bertz CT molecular complexity index is 388. The fraction of sp³-hybridized carbons (Fsp3) is 0.857. The van der Waals surface area contributed by atoms with Crippen molar-refractivity contribution in [3.63, 3.8) is 0 Å². The normalized spacial score (nSPS) is 39.1. The number of fused-ring (bicyclic) bond motifs is 1. The number of hydrogen-bond donors (Lipinski definition) is 1. The van der Waals surface area contributed by atoms with Gasteiger partial charge in [0.2, 0.25) is 0 Å². The fourth-order valence-corrected chi connectivity index (χ4v) is 4.05. The highest BCUT2D eigenvalue weighted by Crippen LogP contribution is 2.44. The molecule has 5 heteroatoms. The van der Waals surface area contributed by atoms with Gasteiger partial charge in [-0.15, -0.1) is 0 Å². The highest BCUT2D eigenvalue weighted by Gasteiger charge is 2.51. The number of aliphatic hydroxyl groups is 1. The van der Waals surface area contributed by atoms with E-state index in [4.69, 9.17) is 0 Å². The standard InChI is InChI=1S/C14H22F2N2O/c1-11-6-13(10-19)3-2-12(18(13)7-11)8-17-5-4-14(15,16)9-17/h12,19H,1-10H2. The highest BCUT2D eigenvalue weighted by atomic mass is 19.3. The first kappa shape index (κ1) is 13.5. The van der Waals surface area contributed by atoms with E-state index in [9.17, 15) is 13.9 Å². The van der Waals surface area contributed by atoms with Gasteiger partial charge in [-0.2, -0.15) is 0 Å². The summed E-state index contributed by atoms with van der Waals surface area (Å²) in [7, 11) is 0. The van der Waals surface area contributed by atoms with Crippen LogP contribution in [0.4, 0.5) is 8.78 Å². The minimum absolute atomic E-state index is 0.0163. The second kappa shape index (κ2) is 4.50. The maximum absolute atomic E-state index is 13.2. The molecule has 2 unspecified atom stereocenters. The molecule has 3 fully saturated rings. The van der Waals surface area contributed by atoms with Crippen LogP contribution in [0.15, 0.2) is 12.2 Å². The minimum Gasteiger partial charge on any atom is -0.394 e. The third-order valence-corrected chi connectivity index (χ3v) is 4.98. The Morgan fingerprint density at radius 1 is 1.37 bits per heavy atom. The topological polar surface area (TPSA) is 26.7 Å². The van der Waals surface area contributed by atoms with Gasteiger partial charge < -0.3 is 5.11 Å². The molecule has 19 heavy (non-hydrogen) atoms. The zero-order chi connectivity index (χ0) is 13.7. The van der Waals surface area contributed by atoms with E-state index in [0.717, 1.165) is 31.4 Å². The summed E-state index contributed by atoms with van der Waals surface area (Å²) in [4.78, 5) is 4.19. The van der Waals surface area contributed by atoms with Crippen LogP contribution in [0.3, 0.4) is 0 Å². The van der Waals surface area contributed by atoms with Gasteiger partial charge in [-0.3, -0.25) is 9.80 Å². The average Bonchev–Trinajstić information content (AvgIpc) is 2.94. The van der Waals surface area contributed by atoms with Crippen LogP contribution in [-0.4, -0.2) is 65.2 Å². The first-order valence-electron chi connectivity index (χ1n) is 7.09. The van der Waals surface area contributed by atoms with Crippen LogP contribution in [-0.2, 0) is 0 Å². The Kier molecular flexibility index (Phi) is 3.19. The predicted molar refractivity (Wildman–Crippen MR) is 69.3 cm³/mol. The van der Waals surface area contributed by atoms with E-state index in [2.05, 4.69) is 11.5 Å². The molecule has 0 bridgehead atoms. The molecule has 3 saturated heterocycles. The third kappa shape index (κ3) is 2.32. The third-order valence-electron chi connectivity index (χ3n) is 4.98. The van der Waals surface area contributed by atoms with Crippen molar-refractivity contribution >= 4 is 0 Å². The summed E-state index contributed by atoms with van der Waals surface area (Å²) in [6, 6.07) is 0.292. The van der Waals surface area contributed by atoms with Crippen LogP contribution in [0.2, 0.25) is 0 Å². The Labute approximate surface area is 112 Å². The highest BCUT2D eigenvalue weighted by molar-refractivity contribution is 5.19. The van der Waals surface area contributed by atoms with Gasteiger partial charge in [0.15, 0.2) is 0 Å². The molecule has 0 aromatic carbocycles. The molecule has 2 atom stereocenters. The van der Waals surface area contributed by atoms with E-state index in [0.29, 0.717) is 19.1 Å². The lowest BCUT2D eigenvalue weighted by molar-refractivity contribution is 0.00810. The van der Waals surface area contributed by atoms with E-state index in [1.807, 2.05) is 4.90 Å². The fourth-order valence-electron chi connectivity index (χ4n) is 4.05. The molecule has 0 saturated carbocycles. The van der Waals surface area contributed by atoms with Crippen molar-refractivity contribution < 1.29 is 13.9 Å². The van der Waals surface area contributed by atoms with Crippen LogP contribution >= 0.6 is 0 Å². The Balaban J connectivity index is 1.66. The lowest BCUT2D eigenvalue weighted by Gasteiger charge is -2.34. The van der Waals surface area contributed by atoms with Crippen LogP contribution in [0.25, 0.3) is 0 Å². The van der Waals surface area contributed by atoms with E-state index in [1.165, 1.54) is 0 Å². The summed E-state index contributed by atoms with van der Waals surface area (Å²) < 4.78 is 26.5. The molecule has 0 radical (unpaired) electrons. The predicted octanol–water partition coefficient (Wildman–Crippen LogP) is 1.48. The number of hydrogen-bond acceptors (Lipinski definition) is 3. The summed E-state index contributed by atoms with van der Waals surface area (Å²) in [5, 5.41) is 9.69. The molecule has 3 aliphatic rings. The number of likely N-dealkylation sites (tertiary alicyclic amines) is 1. The molecule has 1 N–H and O–H groups in total. The zero-order valence-corrected chi connectivity index (χ0v) is 11.2. The van der Waals surface area contributed by atoms with Gasteiger partial charge in [0.25, 0.3) is 5.92 Å². The van der Waals surface area contributed by atoms with Crippen LogP contribution < -0.4 is 0 Å². The van der Waals surface area contributed by atoms with Gasteiger partial charge >= 0.3 is 0 Å². The number of halogens is 2. The van der Waals surface area contributed by atoms with Crippen molar-refractivity contribution in [1.82, 2.24) is 9.80 Å². The van der Waals surface area contributed by atoms with Crippen LogP contribution in [0.1, 0.15) is 25.7 Å². The lowest BCUT2D eigenvalue weighted by Crippen LogP contribution is -2.48. The number of rotatable bonds is 3. The zero-order valence-electron chi connectivity index (χ0n) is 11.2. The molecule has 108 valence electrons. The Hall–Kier alpha value is -0.520. The van der Waals surface area contributed by atoms with E-state index in [1.54, 1.807) is 0 Å². The largest absolute Gasteiger partial charge is 0.394 e. The Morgan fingerprint density at radius 2 is 2.16 bits per heavy atom. The lowest BCUT2D eigenvalue weighted by atomic mass is 9.94. The molecule has 3 rings (SSSR count). The van der Waals surface area contributed by atoms with E-state index in [-0.39, 0.29) is 25.1 Å². The SMILES string of the molecule is C=C1CN2C(CN3CCC(F)(F)C3)CCC2(CO)C1. The molecule has 0 aromatic heterocycles. The molecule has 3 heterocycles. The Morgan fingerprint density at radius 3 is 2.79 bits per heavy atom. The second-order valence-electron chi connectivity index (χ2n) is 6.47. The monoisotopic (exact) mass is 272 g/mol.